The zero-order valence-corrected chi connectivity index (χ0v) is 16.0. The summed E-state index contributed by atoms with van der Waals surface area (Å²) in [7, 11) is 1.66. The molecule has 26 heavy (non-hydrogen) atoms. The monoisotopic (exact) mass is 375 g/mol. The van der Waals surface area contributed by atoms with Gasteiger partial charge in [-0.25, -0.2) is 4.98 Å². The zero-order valence-electron chi connectivity index (χ0n) is 15.2. The molecular formula is C20H26ClN3O2. The first-order chi connectivity index (χ1) is 12.7. The Kier molecular flexibility index (Phi) is 6.69. The standard InChI is InChI=1S/C20H26ClN3O2/c1-26-12-11-24(20(25)17-6-2-3-7-17)15-19-22-9-10-23(19)14-16-5-4-8-18(21)13-16/h4-5,8-10,13,17H,2-3,6-7,11-12,14-15H2,1H3. The molecule has 3 rings (SSSR count). The predicted octanol–water partition coefficient (Wildman–Crippen LogP) is 3.75. The zero-order chi connectivity index (χ0) is 18.4. The Labute approximate surface area is 159 Å². The number of nitrogens with zero attached hydrogens (tertiary/aromatic N) is 3. The number of carbonyl (C=O) groups is 1. The second-order valence-corrected chi connectivity index (χ2v) is 7.27. The maximum Gasteiger partial charge on any atom is 0.226 e. The number of hydrogen-bond donors (Lipinski definition) is 0. The molecular weight excluding hydrogens is 350 g/mol. The summed E-state index contributed by atoms with van der Waals surface area (Å²) in [6.07, 6.45) is 8.04. The van der Waals surface area contributed by atoms with Gasteiger partial charge >= 0.3 is 0 Å². The van der Waals surface area contributed by atoms with E-state index >= 15 is 0 Å². The van der Waals surface area contributed by atoms with Crippen LogP contribution in [0.2, 0.25) is 5.02 Å². The maximum atomic E-state index is 12.9. The van der Waals surface area contributed by atoms with E-state index < -0.39 is 0 Å². The van der Waals surface area contributed by atoms with Gasteiger partial charge in [0.25, 0.3) is 0 Å². The Morgan fingerprint density at radius 1 is 1.38 bits per heavy atom. The van der Waals surface area contributed by atoms with Gasteiger partial charge in [0.2, 0.25) is 5.91 Å². The van der Waals surface area contributed by atoms with Crippen LogP contribution >= 0.6 is 11.6 Å². The van der Waals surface area contributed by atoms with E-state index in [1.165, 1.54) is 0 Å². The van der Waals surface area contributed by atoms with Crippen LogP contribution in [0.1, 0.15) is 37.1 Å². The molecule has 1 fully saturated rings. The Morgan fingerprint density at radius 3 is 2.92 bits per heavy atom. The lowest BCUT2D eigenvalue weighted by Gasteiger charge is -2.25. The first kappa shape index (κ1) is 18.9. The van der Waals surface area contributed by atoms with Crippen LogP contribution in [-0.2, 0) is 22.6 Å². The number of amides is 1. The molecule has 1 aromatic heterocycles. The van der Waals surface area contributed by atoms with E-state index in [1.807, 2.05) is 35.4 Å². The Balaban J connectivity index is 1.72. The molecule has 0 N–H and O–H groups in total. The van der Waals surface area contributed by atoms with Gasteiger partial charge in [-0.15, -0.1) is 0 Å². The van der Waals surface area contributed by atoms with Gasteiger partial charge in [0.1, 0.15) is 5.82 Å². The molecule has 1 saturated carbocycles. The molecule has 1 aliphatic rings. The van der Waals surface area contributed by atoms with Crippen LogP contribution < -0.4 is 0 Å². The van der Waals surface area contributed by atoms with Gasteiger partial charge in [-0.1, -0.05) is 36.6 Å². The smallest absolute Gasteiger partial charge is 0.226 e. The Hall–Kier alpha value is -1.85. The third-order valence-electron chi connectivity index (χ3n) is 4.96. The van der Waals surface area contributed by atoms with Gasteiger partial charge in [-0.3, -0.25) is 4.79 Å². The number of hydrogen-bond acceptors (Lipinski definition) is 3. The van der Waals surface area contributed by atoms with Crippen molar-refractivity contribution in [1.29, 1.82) is 0 Å². The van der Waals surface area contributed by atoms with E-state index in [4.69, 9.17) is 16.3 Å². The summed E-state index contributed by atoms with van der Waals surface area (Å²) in [5, 5.41) is 0.724. The number of aromatic nitrogens is 2. The molecule has 0 spiro atoms. The van der Waals surface area contributed by atoms with Crippen molar-refractivity contribution < 1.29 is 9.53 Å². The van der Waals surface area contributed by atoms with E-state index in [2.05, 4.69) is 9.55 Å². The van der Waals surface area contributed by atoms with Gasteiger partial charge < -0.3 is 14.2 Å². The number of imidazole rings is 1. The largest absolute Gasteiger partial charge is 0.383 e. The van der Waals surface area contributed by atoms with Crippen LogP contribution in [0.25, 0.3) is 0 Å². The van der Waals surface area contributed by atoms with E-state index in [0.29, 0.717) is 26.2 Å². The number of benzene rings is 1. The van der Waals surface area contributed by atoms with Crippen LogP contribution in [0.5, 0.6) is 0 Å². The Bertz CT molecular complexity index is 725. The van der Waals surface area contributed by atoms with Crippen molar-refractivity contribution in [3.05, 3.63) is 53.1 Å². The van der Waals surface area contributed by atoms with Crippen LogP contribution in [0.3, 0.4) is 0 Å². The van der Waals surface area contributed by atoms with Crippen molar-refractivity contribution in [1.82, 2.24) is 14.5 Å². The second kappa shape index (κ2) is 9.19. The molecule has 0 saturated heterocycles. The molecule has 0 unspecified atom stereocenters. The van der Waals surface area contributed by atoms with Gasteiger partial charge in [-0.05, 0) is 30.5 Å². The highest BCUT2D eigenvalue weighted by Crippen LogP contribution is 2.27. The molecule has 0 aliphatic heterocycles. The van der Waals surface area contributed by atoms with Crippen LogP contribution in [0.4, 0.5) is 0 Å². The quantitative estimate of drug-likeness (QED) is 0.706. The molecule has 1 heterocycles. The lowest BCUT2D eigenvalue weighted by Crippen LogP contribution is -2.38. The van der Waals surface area contributed by atoms with Crippen molar-refractivity contribution in [2.45, 2.75) is 38.8 Å². The molecule has 0 atom stereocenters. The molecule has 1 aromatic carbocycles. The minimum Gasteiger partial charge on any atom is -0.383 e. The highest BCUT2D eigenvalue weighted by Gasteiger charge is 2.27. The lowest BCUT2D eigenvalue weighted by atomic mass is 10.1. The summed E-state index contributed by atoms with van der Waals surface area (Å²) in [6.45, 7) is 2.32. The fourth-order valence-electron chi connectivity index (χ4n) is 3.54. The van der Waals surface area contributed by atoms with E-state index in [9.17, 15) is 4.79 Å². The average molecular weight is 376 g/mol. The van der Waals surface area contributed by atoms with Crippen LogP contribution in [0.15, 0.2) is 36.7 Å². The molecule has 2 aromatic rings. The molecule has 6 heteroatoms. The fourth-order valence-corrected chi connectivity index (χ4v) is 3.75. The fraction of sp³-hybridized carbons (Fsp3) is 0.500. The van der Waals surface area contributed by atoms with Gasteiger partial charge in [-0.2, -0.15) is 0 Å². The molecule has 1 amide bonds. The van der Waals surface area contributed by atoms with Crippen LogP contribution in [0, 0.1) is 5.92 Å². The van der Waals surface area contributed by atoms with Crippen molar-refractivity contribution in [2.24, 2.45) is 5.92 Å². The summed E-state index contributed by atoms with van der Waals surface area (Å²) < 4.78 is 7.28. The molecule has 1 aliphatic carbocycles. The van der Waals surface area contributed by atoms with E-state index in [-0.39, 0.29) is 11.8 Å². The number of carbonyl (C=O) groups excluding carboxylic acids is 1. The lowest BCUT2D eigenvalue weighted by molar-refractivity contribution is -0.136. The third kappa shape index (κ3) is 4.86. The van der Waals surface area contributed by atoms with E-state index in [0.717, 1.165) is 42.1 Å². The summed E-state index contributed by atoms with van der Waals surface area (Å²) in [5.74, 6) is 1.27. The van der Waals surface area contributed by atoms with Crippen LogP contribution in [-0.4, -0.2) is 40.6 Å². The van der Waals surface area contributed by atoms with Crippen molar-refractivity contribution >= 4 is 17.5 Å². The minimum absolute atomic E-state index is 0.156. The first-order valence-electron chi connectivity index (χ1n) is 9.19. The van der Waals surface area contributed by atoms with Crippen molar-refractivity contribution in [3.63, 3.8) is 0 Å². The highest BCUT2D eigenvalue weighted by molar-refractivity contribution is 6.30. The molecule has 0 radical (unpaired) electrons. The van der Waals surface area contributed by atoms with Gasteiger partial charge in [0.05, 0.1) is 13.2 Å². The number of ether oxygens (including phenoxy) is 1. The average Bonchev–Trinajstić information content (AvgIpc) is 3.30. The first-order valence-corrected chi connectivity index (χ1v) is 9.57. The van der Waals surface area contributed by atoms with E-state index in [1.54, 1.807) is 13.3 Å². The maximum absolute atomic E-state index is 12.9. The number of halogens is 1. The summed E-state index contributed by atoms with van der Waals surface area (Å²) in [4.78, 5) is 19.3. The Morgan fingerprint density at radius 2 is 2.19 bits per heavy atom. The summed E-state index contributed by atoms with van der Waals surface area (Å²) in [5.41, 5.74) is 1.11. The normalized spacial score (nSPS) is 14.7. The van der Waals surface area contributed by atoms with Crippen molar-refractivity contribution in [3.8, 4) is 0 Å². The number of methoxy groups -OCH3 is 1. The SMILES string of the molecule is COCCN(Cc1nccn1Cc1cccc(Cl)c1)C(=O)C1CCCC1. The topological polar surface area (TPSA) is 47.4 Å². The minimum atomic E-state index is 0.156. The van der Waals surface area contributed by atoms with Crippen molar-refractivity contribution in [2.75, 3.05) is 20.3 Å². The number of rotatable bonds is 8. The highest BCUT2D eigenvalue weighted by atomic mass is 35.5. The third-order valence-corrected chi connectivity index (χ3v) is 5.19. The summed E-state index contributed by atoms with van der Waals surface area (Å²) in [6, 6.07) is 7.81. The van der Waals surface area contributed by atoms with Gasteiger partial charge in [0, 0.05) is 43.5 Å². The predicted molar refractivity (Wildman–Crippen MR) is 102 cm³/mol. The summed E-state index contributed by atoms with van der Waals surface area (Å²) >= 11 is 6.09. The second-order valence-electron chi connectivity index (χ2n) is 6.84. The van der Waals surface area contributed by atoms with Gasteiger partial charge in [0.15, 0.2) is 0 Å². The molecule has 140 valence electrons. The molecule has 5 nitrogen and oxygen atoms in total. The molecule has 0 bridgehead atoms.